The standard InChI is InChI=1S/C18H28O/c1-14-8-10-15(11-9-14)13-18(19)12-6-5-7-16(18)17(2,3)4/h8-11,16,19H,5-7,12-13H2,1-4H3. The highest BCUT2D eigenvalue weighted by Crippen LogP contribution is 2.45. The maximum atomic E-state index is 11.2. The third-order valence-corrected chi connectivity index (χ3v) is 4.68. The van der Waals surface area contributed by atoms with Gasteiger partial charge in [0.2, 0.25) is 0 Å². The molecule has 1 nitrogen and oxygen atoms in total. The summed E-state index contributed by atoms with van der Waals surface area (Å²) in [6, 6.07) is 8.63. The van der Waals surface area contributed by atoms with Crippen LogP contribution in [0.15, 0.2) is 24.3 Å². The molecule has 0 amide bonds. The maximum Gasteiger partial charge on any atom is 0.0720 e. The Morgan fingerprint density at radius 2 is 1.79 bits per heavy atom. The topological polar surface area (TPSA) is 20.2 Å². The first-order chi connectivity index (χ1) is 8.81. The number of aliphatic hydroxyl groups is 1. The van der Waals surface area contributed by atoms with Crippen LogP contribution in [-0.2, 0) is 6.42 Å². The van der Waals surface area contributed by atoms with Gasteiger partial charge in [0.25, 0.3) is 0 Å². The van der Waals surface area contributed by atoms with Crippen molar-refractivity contribution >= 4 is 0 Å². The van der Waals surface area contributed by atoms with E-state index in [0.29, 0.717) is 5.92 Å². The van der Waals surface area contributed by atoms with Crippen molar-refractivity contribution in [2.45, 2.75) is 65.4 Å². The molecule has 2 rings (SSSR count). The monoisotopic (exact) mass is 260 g/mol. The second-order valence-corrected chi connectivity index (χ2v) is 7.43. The summed E-state index contributed by atoms with van der Waals surface area (Å²) in [7, 11) is 0. The van der Waals surface area contributed by atoms with E-state index in [1.807, 2.05) is 0 Å². The van der Waals surface area contributed by atoms with Gasteiger partial charge in [0, 0.05) is 6.42 Å². The van der Waals surface area contributed by atoms with Crippen LogP contribution >= 0.6 is 0 Å². The molecular weight excluding hydrogens is 232 g/mol. The van der Waals surface area contributed by atoms with Gasteiger partial charge in [0.15, 0.2) is 0 Å². The minimum atomic E-state index is -0.522. The van der Waals surface area contributed by atoms with Gasteiger partial charge >= 0.3 is 0 Å². The molecule has 1 aromatic carbocycles. The van der Waals surface area contributed by atoms with Gasteiger partial charge in [-0.25, -0.2) is 0 Å². The van der Waals surface area contributed by atoms with Crippen LogP contribution in [0.2, 0.25) is 0 Å². The number of hydrogen-bond acceptors (Lipinski definition) is 1. The van der Waals surface area contributed by atoms with E-state index in [2.05, 4.69) is 52.0 Å². The van der Waals surface area contributed by atoms with Crippen LogP contribution in [0.5, 0.6) is 0 Å². The van der Waals surface area contributed by atoms with Gasteiger partial charge in [-0.15, -0.1) is 0 Å². The lowest BCUT2D eigenvalue weighted by molar-refractivity contribution is -0.0889. The smallest absolute Gasteiger partial charge is 0.0720 e. The zero-order valence-corrected chi connectivity index (χ0v) is 12.9. The van der Waals surface area contributed by atoms with E-state index >= 15 is 0 Å². The van der Waals surface area contributed by atoms with Crippen molar-refractivity contribution in [2.75, 3.05) is 0 Å². The molecule has 0 spiro atoms. The molecular formula is C18H28O. The Bertz CT molecular complexity index is 412. The van der Waals surface area contributed by atoms with E-state index < -0.39 is 5.60 Å². The van der Waals surface area contributed by atoms with E-state index in [4.69, 9.17) is 0 Å². The van der Waals surface area contributed by atoms with Crippen LogP contribution in [0.4, 0.5) is 0 Å². The van der Waals surface area contributed by atoms with Gasteiger partial charge in [0.1, 0.15) is 0 Å². The van der Waals surface area contributed by atoms with E-state index in [-0.39, 0.29) is 5.41 Å². The molecule has 0 aromatic heterocycles. The fourth-order valence-electron chi connectivity index (χ4n) is 3.73. The van der Waals surface area contributed by atoms with E-state index in [9.17, 15) is 5.11 Å². The number of benzene rings is 1. The maximum absolute atomic E-state index is 11.2. The summed E-state index contributed by atoms with van der Waals surface area (Å²) in [5.41, 5.74) is 2.21. The lowest BCUT2D eigenvalue weighted by atomic mass is 9.62. The molecule has 1 heteroatoms. The van der Waals surface area contributed by atoms with Gasteiger partial charge < -0.3 is 5.11 Å². The van der Waals surface area contributed by atoms with Crippen molar-refractivity contribution in [3.05, 3.63) is 35.4 Å². The molecule has 1 N–H and O–H groups in total. The minimum absolute atomic E-state index is 0.180. The molecule has 1 saturated carbocycles. The van der Waals surface area contributed by atoms with E-state index in [0.717, 1.165) is 25.7 Å². The molecule has 1 aliphatic rings. The largest absolute Gasteiger partial charge is 0.389 e. The predicted molar refractivity (Wildman–Crippen MR) is 81.2 cm³/mol. The summed E-state index contributed by atoms with van der Waals surface area (Å²) in [4.78, 5) is 0. The van der Waals surface area contributed by atoms with Crippen LogP contribution < -0.4 is 0 Å². The molecule has 1 fully saturated rings. The van der Waals surface area contributed by atoms with Crippen LogP contribution in [0.1, 0.15) is 57.6 Å². The number of aryl methyl sites for hydroxylation is 1. The van der Waals surface area contributed by atoms with Crippen molar-refractivity contribution in [1.29, 1.82) is 0 Å². The first kappa shape index (κ1) is 14.6. The Morgan fingerprint density at radius 3 is 2.37 bits per heavy atom. The minimum Gasteiger partial charge on any atom is -0.389 e. The summed E-state index contributed by atoms with van der Waals surface area (Å²) in [6.45, 7) is 8.91. The third kappa shape index (κ3) is 3.39. The van der Waals surface area contributed by atoms with Crippen LogP contribution in [0.25, 0.3) is 0 Å². The van der Waals surface area contributed by atoms with Gasteiger partial charge in [-0.3, -0.25) is 0 Å². The number of hydrogen-bond donors (Lipinski definition) is 1. The molecule has 0 radical (unpaired) electrons. The number of rotatable bonds is 2. The Labute approximate surface area is 118 Å². The molecule has 2 atom stereocenters. The zero-order valence-electron chi connectivity index (χ0n) is 12.9. The SMILES string of the molecule is Cc1ccc(CC2(O)CCCCC2C(C)(C)C)cc1. The normalized spacial score (nSPS) is 28.4. The Hall–Kier alpha value is -0.820. The fourth-order valence-corrected chi connectivity index (χ4v) is 3.73. The zero-order chi connectivity index (χ0) is 14.1. The van der Waals surface area contributed by atoms with Crippen LogP contribution in [0.3, 0.4) is 0 Å². The van der Waals surface area contributed by atoms with E-state index in [1.165, 1.54) is 17.5 Å². The lowest BCUT2D eigenvalue weighted by Crippen LogP contribution is -2.48. The second kappa shape index (κ2) is 5.28. The van der Waals surface area contributed by atoms with Gasteiger partial charge in [0.05, 0.1) is 5.60 Å². The molecule has 1 aromatic rings. The Balaban J connectivity index is 2.21. The second-order valence-electron chi connectivity index (χ2n) is 7.43. The molecule has 0 aliphatic heterocycles. The molecule has 106 valence electrons. The van der Waals surface area contributed by atoms with Crippen molar-refractivity contribution in [3.63, 3.8) is 0 Å². The highest BCUT2D eigenvalue weighted by Gasteiger charge is 2.44. The highest BCUT2D eigenvalue weighted by molar-refractivity contribution is 5.23. The average molecular weight is 260 g/mol. The van der Waals surface area contributed by atoms with Crippen molar-refractivity contribution in [2.24, 2.45) is 11.3 Å². The summed E-state index contributed by atoms with van der Waals surface area (Å²) >= 11 is 0. The molecule has 2 unspecified atom stereocenters. The van der Waals surface area contributed by atoms with Crippen molar-refractivity contribution in [3.8, 4) is 0 Å². The van der Waals surface area contributed by atoms with E-state index in [1.54, 1.807) is 0 Å². The lowest BCUT2D eigenvalue weighted by Gasteiger charge is -2.47. The first-order valence-corrected chi connectivity index (χ1v) is 7.59. The quantitative estimate of drug-likeness (QED) is 0.829. The summed E-state index contributed by atoms with van der Waals surface area (Å²) < 4.78 is 0. The van der Waals surface area contributed by atoms with Crippen molar-refractivity contribution in [1.82, 2.24) is 0 Å². The van der Waals surface area contributed by atoms with Gasteiger partial charge in [-0.2, -0.15) is 0 Å². The predicted octanol–water partition coefficient (Wildman–Crippen LogP) is 4.50. The molecule has 1 aliphatic carbocycles. The highest BCUT2D eigenvalue weighted by atomic mass is 16.3. The molecule has 19 heavy (non-hydrogen) atoms. The van der Waals surface area contributed by atoms with Crippen LogP contribution in [-0.4, -0.2) is 10.7 Å². The van der Waals surface area contributed by atoms with Crippen LogP contribution in [0, 0.1) is 18.3 Å². The average Bonchev–Trinajstić information content (AvgIpc) is 2.31. The Kier molecular flexibility index (Phi) is 4.06. The molecule has 0 heterocycles. The van der Waals surface area contributed by atoms with Gasteiger partial charge in [-0.1, -0.05) is 63.4 Å². The summed E-state index contributed by atoms with van der Waals surface area (Å²) in [6.07, 6.45) is 5.33. The molecule has 0 saturated heterocycles. The van der Waals surface area contributed by atoms with Crippen molar-refractivity contribution < 1.29 is 5.11 Å². The fraction of sp³-hybridized carbons (Fsp3) is 0.667. The molecule has 0 bridgehead atoms. The summed E-state index contributed by atoms with van der Waals surface area (Å²) in [5.74, 6) is 0.398. The van der Waals surface area contributed by atoms with Gasteiger partial charge in [-0.05, 0) is 36.7 Å². The summed E-state index contributed by atoms with van der Waals surface area (Å²) in [5, 5.41) is 11.2. The third-order valence-electron chi connectivity index (χ3n) is 4.68. The Morgan fingerprint density at radius 1 is 1.16 bits per heavy atom. The first-order valence-electron chi connectivity index (χ1n) is 7.59.